The molecule has 0 spiro atoms. The van der Waals surface area contributed by atoms with Gasteiger partial charge < -0.3 is 14.2 Å². The summed E-state index contributed by atoms with van der Waals surface area (Å²) in [7, 11) is 1.32. The van der Waals surface area contributed by atoms with Gasteiger partial charge in [0.25, 0.3) is 0 Å². The number of ether oxygens (including phenoxy) is 3. The molecule has 1 fully saturated rings. The first-order valence-corrected chi connectivity index (χ1v) is 7.67. The van der Waals surface area contributed by atoms with Crippen LogP contribution < -0.4 is 0 Å². The number of amides is 1. The van der Waals surface area contributed by atoms with E-state index in [4.69, 9.17) is 14.2 Å². The Morgan fingerprint density at radius 3 is 2.23 bits per heavy atom. The molecule has 6 nitrogen and oxygen atoms in total. The molecule has 0 radical (unpaired) electrons. The van der Waals surface area contributed by atoms with Crippen molar-refractivity contribution in [2.75, 3.05) is 7.11 Å². The molecule has 0 aliphatic carbocycles. The number of esters is 1. The van der Waals surface area contributed by atoms with Crippen LogP contribution in [0.15, 0.2) is 0 Å². The Balaban J connectivity index is 3.12. The monoisotopic (exact) mass is 315 g/mol. The molecule has 0 saturated carbocycles. The van der Waals surface area contributed by atoms with E-state index in [1.807, 2.05) is 34.6 Å². The van der Waals surface area contributed by atoms with Crippen LogP contribution in [0.1, 0.15) is 54.9 Å². The largest absolute Gasteiger partial charge is 0.467 e. The first-order valence-electron chi connectivity index (χ1n) is 7.67. The summed E-state index contributed by atoms with van der Waals surface area (Å²) in [6.45, 7) is 13.0. The van der Waals surface area contributed by atoms with Gasteiger partial charge in [-0.15, -0.1) is 0 Å². The fourth-order valence-electron chi connectivity index (χ4n) is 2.68. The molecular weight excluding hydrogens is 286 g/mol. The predicted molar refractivity (Wildman–Crippen MR) is 82.3 cm³/mol. The summed E-state index contributed by atoms with van der Waals surface area (Å²) in [6, 6.07) is -0.405. The normalized spacial score (nSPS) is 24.5. The minimum atomic E-state index is -0.930. The molecule has 0 bridgehead atoms. The maximum Gasteiger partial charge on any atom is 0.412 e. The number of rotatable bonds is 3. The van der Waals surface area contributed by atoms with Crippen LogP contribution in [0.2, 0.25) is 0 Å². The quantitative estimate of drug-likeness (QED) is 0.749. The highest BCUT2D eigenvalue weighted by Crippen LogP contribution is 2.37. The van der Waals surface area contributed by atoms with E-state index in [9.17, 15) is 9.59 Å². The summed E-state index contributed by atoms with van der Waals surface area (Å²) in [4.78, 5) is 26.1. The molecule has 6 heteroatoms. The first kappa shape index (κ1) is 18.7. The van der Waals surface area contributed by atoms with Crippen LogP contribution in [-0.2, 0) is 19.0 Å². The number of hydrogen-bond acceptors (Lipinski definition) is 5. The zero-order chi connectivity index (χ0) is 17.3. The van der Waals surface area contributed by atoms with Crippen LogP contribution in [0, 0.1) is 5.92 Å². The van der Waals surface area contributed by atoms with Crippen molar-refractivity contribution < 1.29 is 23.8 Å². The highest BCUT2D eigenvalue weighted by molar-refractivity contribution is 5.78. The number of methoxy groups -OCH3 is 1. The average molecular weight is 315 g/mol. The summed E-state index contributed by atoms with van der Waals surface area (Å²) in [5, 5.41) is 0. The van der Waals surface area contributed by atoms with Gasteiger partial charge in [-0.05, 0) is 47.0 Å². The Bertz CT molecular complexity index is 425. The van der Waals surface area contributed by atoms with E-state index in [1.54, 1.807) is 13.8 Å². The molecule has 1 aliphatic heterocycles. The Morgan fingerprint density at radius 2 is 1.82 bits per heavy atom. The van der Waals surface area contributed by atoms with Crippen molar-refractivity contribution in [3.63, 3.8) is 0 Å². The second kappa shape index (κ2) is 6.44. The molecule has 128 valence electrons. The van der Waals surface area contributed by atoms with Crippen molar-refractivity contribution in [3.8, 4) is 0 Å². The van der Waals surface area contributed by atoms with Crippen molar-refractivity contribution in [1.29, 1.82) is 0 Å². The van der Waals surface area contributed by atoms with Crippen molar-refractivity contribution in [1.82, 2.24) is 4.90 Å². The molecule has 0 aromatic heterocycles. The topological polar surface area (TPSA) is 65.1 Å². The third kappa shape index (κ3) is 4.35. The van der Waals surface area contributed by atoms with Gasteiger partial charge in [0.15, 0.2) is 6.10 Å². The summed E-state index contributed by atoms with van der Waals surface area (Å²) in [5.41, 5.74) is -1.54. The maximum atomic E-state index is 12.6. The number of carbonyl (C=O) groups excluding carboxylic acids is 2. The van der Waals surface area contributed by atoms with E-state index in [0.717, 1.165) is 0 Å². The van der Waals surface area contributed by atoms with Crippen LogP contribution in [-0.4, -0.2) is 47.5 Å². The van der Waals surface area contributed by atoms with Gasteiger partial charge in [0.2, 0.25) is 0 Å². The molecule has 1 rings (SSSR count). The SMILES string of the molecule is COC(=O)[C@H]1OC(C)(C)N(C(=O)OC(C)(C)C)[C@H]1CC(C)C. The zero-order valence-electron chi connectivity index (χ0n) is 14.9. The highest BCUT2D eigenvalue weighted by atomic mass is 16.6. The summed E-state index contributed by atoms with van der Waals surface area (Å²) >= 11 is 0. The fraction of sp³-hybridized carbons (Fsp3) is 0.875. The number of carbonyl (C=O) groups is 2. The van der Waals surface area contributed by atoms with Crippen molar-refractivity contribution in [3.05, 3.63) is 0 Å². The second-order valence-electron chi connectivity index (χ2n) is 7.56. The van der Waals surface area contributed by atoms with Crippen LogP contribution in [0.4, 0.5) is 4.79 Å². The summed E-state index contributed by atoms with van der Waals surface area (Å²) in [6.07, 6.45) is -0.646. The van der Waals surface area contributed by atoms with Gasteiger partial charge in [0.05, 0.1) is 13.2 Å². The highest BCUT2D eigenvalue weighted by Gasteiger charge is 2.54. The van der Waals surface area contributed by atoms with Gasteiger partial charge >= 0.3 is 12.1 Å². The predicted octanol–water partition coefficient (Wildman–Crippen LogP) is 2.95. The second-order valence-corrected chi connectivity index (χ2v) is 7.56. The third-order valence-corrected chi connectivity index (χ3v) is 3.41. The molecule has 22 heavy (non-hydrogen) atoms. The van der Waals surface area contributed by atoms with E-state index >= 15 is 0 Å². The first-order chi connectivity index (χ1) is 9.89. The van der Waals surface area contributed by atoms with Crippen molar-refractivity contribution in [2.24, 2.45) is 5.92 Å². The Kier molecular flexibility index (Phi) is 5.49. The van der Waals surface area contributed by atoms with E-state index in [1.165, 1.54) is 12.0 Å². The third-order valence-electron chi connectivity index (χ3n) is 3.41. The molecule has 0 aromatic rings. The number of nitrogens with zero attached hydrogens (tertiary/aromatic N) is 1. The lowest BCUT2D eigenvalue weighted by Gasteiger charge is -2.35. The number of hydrogen-bond donors (Lipinski definition) is 0. The van der Waals surface area contributed by atoms with E-state index in [-0.39, 0.29) is 0 Å². The molecule has 1 heterocycles. The van der Waals surface area contributed by atoms with Crippen LogP contribution >= 0.6 is 0 Å². The standard InChI is InChI=1S/C16H29NO5/c1-10(2)9-11-12(13(18)20-8)21-16(6,7)17(11)14(19)22-15(3,4)5/h10-12H,9H2,1-8H3/t11-,12-/m0/s1. The maximum absolute atomic E-state index is 12.6. The fourth-order valence-corrected chi connectivity index (χ4v) is 2.68. The van der Waals surface area contributed by atoms with Crippen molar-refractivity contribution >= 4 is 12.1 Å². The molecule has 2 atom stereocenters. The van der Waals surface area contributed by atoms with Gasteiger partial charge in [-0.2, -0.15) is 0 Å². The molecule has 1 amide bonds. The lowest BCUT2D eigenvalue weighted by atomic mass is 9.98. The van der Waals surface area contributed by atoms with Gasteiger partial charge in [-0.25, -0.2) is 9.59 Å². The van der Waals surface area contributed by atoms with Crippen LogP contribution in [0.5, 0.6) is 0 Å². The summed E-state index contributed by atoms with van der Waals surface area (Å²) in [5.74, 6) is -0.177. The lowest BCUT2D eigenvalue weighted by molar-refractivity contribution is -0.158. The van der Waals surface area contributed by atoms with Crippen LogP contribution in [0.3, 0.4) is 0 Å². The van der Waals surface area contributed by atoms with Gasteiger partial charge in [0.1, 0.15) is 11.3 Å². The summed E-state index contributed by atoms with van der Waals surface area (Å²) < 4.78 is 16.1. The lowest BCUT2D eigenvalue weighted by Crippen LogP contribution is -2.51. The van der Waals surface area contributed by atoms with E-state index in [2.05, 4.69) is 0 Å². The Labute approximate surface area is 133 Å². The minimum absolute atomic E-state index is 0.291. The molecule has 1 saturated heterocycles. The van der Waals surface area contributed by atoms with E-state index in [0.29, 0.717) is 12.3 Å². The van der Waals surface area contributed by atoms with E-state index < -0.39 is 35.5 Å². The average Bonchev–Trinajstić information content (AvgIpc) is 2.56. The van der Waals surface area contributed by atoms with Gasteiger partial charge in [0, 0.05) is 0 Å². The van der Waals surface area contributed by atoms with Gasteiger partial charge in [-0.1, -0.05) is 13.8 Å². The van der Waals surface area contributed by atoms with Crippen molar-refractivity contribution in [2.45, 2.75) is 78.4 Å². The molecule has 0 unspecified atom stereocenters. The minimum Gasteiger partial charge on any atom is -0.467 e. The van der Waals surface area contributed by atoms with Crippen LogP contribution in [0.25, 0.3) is 0 Å². The molecular formula is C16H29NO5. The van der Waals surface area contributed by atoms with Gasteiger partial charge in [-0.3, -0.25) is 4.90 Å². The molecule has 1 aliphatic rings. The Hall–Kier alpha value is -1.30. The molecule has 0 aromatic carbocycles. The zero-order valence-corrected chi connectivity index (χ0v) is 14.9. The Morgan fingerprint density at radius 1 is 1.27 bits per heavy atom. The smallest absolute Gasteiger partial charge is 0.412 e. The molecule has 0 N–H and O–H groups in total.